The van der Waals surface area contributed by atoms with E-state index < -0.39 is 7.12 Å². The number of hydrogen-bond donors (Lipinski definition) is 2. The Morgan fingerprint density at radius 2 is 2.07 bits per heavy atom. The Morgan fingerprint density at radius 1 is 1.36 bits per heavy atom. The lowest BCUT2D eigenvalue weighted by Crippen LogP contribution is -2.30. The molecular weight excluding hydrogens is 333 g/mol. The highest BCUT2D eigenvalue weighted by atomic mass is 127. The maximum atomic E-state index is 9.19. The summed E-state index contributed by atoms with van der Waals surface area (Å²) in [5.74, 6) is 0. The van der Waals surface area contributed by atoms with Crippen molar-refractivity contribution in [2.45, 2.75) is 0 Å². The quantitative estimate of drug-likeness (QED) is 0.615. The summed E-state index contributed by atoms with van der Waals surface area (Å²) in [5, 5.41) is 21.5. The normalized spacial score (nSPS) is 10.9. The maximum absolute atomic E-state index is 9.19. The molecule has 2 rings (SSSR count). The smallest absolute Gasteiger partial charge is 0.423 e. The van der Waals surface area contributed by atoms with Gasteiger partial charge in [0.25, 0.3) is 0 Å². The lowest BCUT2D eigenvalue weighted by molar-refractivity contribution is 0.426. The largest absolute Gasteiger partial charge is 0.489 e. The van der Waals surface area contributed by atoms with Gasteiger partial charge >= 0.3 is 7.12 Å². The molecule has 0 unspecified atom stereocenters. The molecule has 0 saturated carbocycles. The van der Waals surface area contributed by atoms with Gasteiger partial charge in [0.05, 0.1) is 5.02 Å². The van der Waals surface area contributed by atoms with E-state index in [1.165, 1.54) is 11.3 Å². The summed E-state index contributed by atoms with van der Waals surface area (Å²) in [6.07, 6.45) is 0. The molecule has 0 aliphatic carbocycles. The molecule has 0 bridgehead atoms. The molecule has 2 aromatic rings. The predicted molar refractivity (Wildman–Crippen MR) is 69.4 cm³/mol. The van der Waals surface area contributed by atoms with Crippen LogP contribution in [-0.4, -0.2) is 17.2 Å². The van der Waals surface area contributed by atoms with Gasteiger partial charge in [-0.2, -0.15) is 0 Å². The van der Waals surface area contributed by atoms with Crippen LogP contribution < -0.4 is 5.46 Å². The summed E-state index contributed by atoms with van der Waals surface area (Å²) in [4.78, 5) is 0. The van der Waals surface area contributed by atoms with Gasteiger partial charge in [0.15, 0.2) is 0 Å². The Bertz CT molecular complexity index is 485. The van der Waals surface area contributed by atoms with Crippen LogP contribution in [-0.2, 0) is 0 Å². The Balaban J connectivity index is 2.83. The average Bonchev–Trinajstić information content (AvgIpc) is 2.46. The number of halogens is 2. The van der Waals surface area contributed by atoms with Gasteiger partial charge in [-0.15, -0.1) is 11.3 Å². The molecule has 72 valence electrons. The fourth-order valence-corrected chi connectivity index (χ4v) is 3.48. The van der Waals surface area contributed by atoms with Crippen LogP contribution in [0.5, 0.6) is 0 Å². The molecule has 0 atom stereocenters. The van der Waals surface area contributed by atoms with E-state index in [1.54, 1.807) is 11.4 Å². The Hall–Kier alpha value is 0.185. The van der Waals surface area contributed by atoms with E-state index in [-0.39, 0.29) is 0 Å². The predicted octanol–water partition coefficient (Wildman–Crippen LogP) is 1.84. The number of benzene rings is 1. The lowest BCUT2D eigenvalue weighted by Gasteiger charge is -2.03. The van der Waals surface area contributed by atoms with Gasteiger partial charge in [0.1, 0.15) is 0 Å². The number of thiophene rings is 1. The first-order valence-electron chi connectivity index (χ1n) is 3.82. The minimum Gasteiger partial charge on any atom is -0.423 e. The van der Waals surface area contributed by atoms with Crippen molar-refractivity contribution in [3.8, 4) is 0 Å². The number of hydrogen-bond acceptors (Lipinski definition) is 3. The summed E-state index contributed by atoms with van der Waals surface area (Å²) in [6.45, 7) is 0. The van der Waals surface area contributed by atoms with Gasteiger partial charge in [0, 0.05) is 19.0 Å². The summed E-state index contributed by atoms with van der Waals surface area (Å²) in [7, 11) is -1.47. The zero-order chi connectivity index (χ0) is 10.3. The number of fused-ring (bicyclic) bond motifs is 1. The van der Waals surface area contributed by atoms with Crippen molar-refractivity contribution in [3.05, 3.63) is 26.1 Å². The van der Waals surface area contributed by atoms with Crippen molar-refractivity contribution in [2.75, 3.05) is 0 Å². The van der Waals surface area contributed by atoms with Crippen LogP contribution in [0.1, 0.15) is 0 Å². The molecule has 2 nitrogen and oxygen atoms in total. The molecule has 6 heteroatoms. The summed E-state index contributed by atoms with van der Waals surface area (Å²) >= 11 is 9.60. The van der Waals surface area contributed by atoms with Gasteiger partial charge in [0.2, 0.25) is 0 Å². The molecule has 0 amide bonds. The molecule has 1 aromatic heterocycles. The Morgan fingerprint density at radius 3 is 2.71 bits per heavy atom. The highest BCUT2D eigenvalue weighted by Gasteiger charge is 2.18. The van der Waals surface area contributed by atoms with Crippen LogP contribution in [0.3, 0.4) is 0 Å². The molecule has 2 N–H and O–H groups in total. The first-order valence-corrected chi connectivity index (χ1v) is 6.15. The van der Waals surface area contributed by atoms with E-state index >= 15 is 0 Å². The molecule has 0 aliphatic rings. The highest BCUT2D eigenvalue weighted by molar-refractivity contribution is 14.1. The van der Waals surface area contributed by atoms with Crippen LogP contribution in [0, 0.1) is 3.57 Å². The molecule has 14 heavy (non-hydrogen) atoms. The Kier molecular flexibility index (Phi) is 3.04. The SMILES string of the molecule is OB(O)c1cc(I)cc2scc(Cl)c12. The first-order chi connectivity index (χ1) is 6.59. The maximum Gasteiger partial charge on any atom is 0.489 e. The van der Waals surface area contributed by atoms with Gasteiger partial charge < -0.3 is 10.0 Å². The molecule has 0 radical (unpaired) electrons. The molecule has 1 aromatic carbocycles. The third kappa shape index (κ3) is 1.79. The van der Waals surface area contributed by atoms with Crippen LogP contribution in [0.2, 0.25) is 5.02 Å². The monoisotopic (exact) mass is 338 g/mol. The molecular formula is C8H5BClIO2S. The molecule has 0 spiro atoms. The van der Waals surface area contributed by atoms with Crippen LogP contribution in [0.4, 0.5) is 0 Å². The second-order valence-electron chi connectivity index (χ2n) is 2.83. The topological polar surface area (TPSA) is 40.5 Å². The van der Waals surface area contributed by atoms with E-state index in [0.29, 0.717) is 10.5 Å². The van der Waals surface area contributed by atoms with Crippen molar-refractivity contribution in [1.82, 2.24) is 0 Å². The van der Waals surface area contributed by atoms with Crippen molar-refractivity contribution < 1.29 is 10.0 Å². The van der Waals surface area contributed by atoms with E-state index in [1.807, 2.05) is 6.07 Å². The van der Waals surface area contributed by atoms with Crippen molar-refractivity contribution in [1.29, 1.82) is 0 Å². The van der Waals surface area contributed by atoms with Crippen LogP contribution in [0.25, 0.3) is 10.1 Å². The second-order valence-corrected chi connectivity index (χ2v) is 5.39. The van der Waals surface area contributed by atoms with Crippen molar-refractivity contribution >= 4 is 68.2 Å². The van der Waals surface area contributed by atoms with Crippen molar-refractivity contribution in [3.63, 3.8) is 0 Å². The standard InChI is InChI=1S/C8H5BClIO2S/c10-6-3-14-7-2-4(11)1-5(8(6)7)9(12)13/h1-3,12-13H. The zero-order valence-electron chi connectivity index (χ0n) is 6.87. The highest BCUT2D eigenvalue weighted by Crippen LogP contribution is 2.29. The fraction of sp³-hybridized carbons (Fsp3) is 0. The molecule has 1 heterocycles. The van der Waals surface area contributed by atoms with Gasteiger partial charge in [-0.1, -0.05) is 11.6 Å². The van der Waals surface area contributed by atoms with Crippen LogP contribution >= 0.6 is 45.5 Å². The van der Waals surface area contributed by atoms with Crippen molar-refractivity contribution in [2.24, 2.45) is 0 Å². The minimum absolute atomic E-state index is 0.471. The second kappa shape index (κ2) is 3.98. The van der Waals surface area contributed by atoms with E-state index in [4.69, 9.17) is 11.6 Å². The third-order valence-electron chi connectivity index (χ3n) is 1.90. The third-order valence-corrected chi connectivity index (χ3v) is 3.88. The fourth-order valence-electron chi connectivity index (χ4n) is 1.33. The zero-order valence-corrected chi connectivity index (χ0v) is 10.6. The van der Waals surface area contributed by atoms with Crippen LogP contribution in [0.15, 0.2) is 17.5 Å². The van der Waals surface area contributed by atoms with E-state index in [0.717, 1.165) is 13.7 Å². The van der Waals surface area contributed by atoms with Gasteiger partial charge in [-0.05, 0) is 40.2 Å². The number of rotatable bonds is 1. The summed E-state index contributed by atoms with van der Waals surface area (Å²) in [5.41, 5.74) is 0.471. The van der Waals surface area contributed by atoms with E-state index in [9.17, 15) is 10.0 Å². The average molecular weight is 338 g/mol. The van der Waals surface area contributed by atoms with Gasteiger partial charge in [-0.25, -0.2) is 0 Å². The van der Waals surface area contributed by atoms with E-state index in [2.05, 4.69) is 22.6 Å². The summed E-state index contributed by atoms with van der Waals surface area (Å²) in [6, 6.07) is 3.70. The molecule has 0 saturated heterocycles. The minimum atomic E-state index is -1.47. The first kappa shape index (κ1) is 10.7. The molecule has 0 aliphatic heterocycles. The summed E-state index contributed by atoms with van der Waals surface area (Å²) < 4.78 is 1.95. The van der Waals surface area contributed by atoms with Gasteiger partial charge in [-0.3, -0.25) is 0 Å². The lowest BCUT2D eigenvalue weighted by atomic mass is 9.78. The molecule has 0 fully saturated rings. The Labute approximate surface area is 104 Å².